The lowest BCUT2D eigenvalue weighted by molar-refractivity contribution is 0.856. The first-order valence-electron chi connectivity index (χ1n) is 7.22. The monoisotopic (exact) mass is 268 g/mol. The van der Waals surface area contributed by atoms with E-state index in [2.05, 4.69) is 57.7 Å². The van der Waals surface area contributed by atoms with E-state index in [1.807, 2.05) is 12.3 Å². The highest BCUT2D eigenvalue weighted by molar-refractivity contribution is 5.53. The van der Waals surface area contributed by atoms with Gasteiger partial charge in [0.05, 0.1) is 11.9 Å². The minimum atomic E-state index is 0.222. The second-order valence-electron chi connectivity index (χ2n) is 5.27. The summed E-state index contributed by atoms with van der Waals surface area (Å²) < 4.78 is 0. The number of hydrogen-bond acceptors (Lipinski definition) is 4. The molecule has 0 saturated carbocycles. The third-order valence-electron chi connectivity index (χ3n) is 3.78. The van der Waals surface area contributed by atoms with Crippen LogP contribution in [-0.2, 0) is 0 Å². The first kappa shape index (κ1) is 12.9. The van der Waals surface area contributed by atoms with E-state index in [-0.39, 0.29) is 6.04 Å². The van der Waals surface area contributed by atoms with E-state index in [1.54, 1.807) is 0 Å². The molecule has 1 aliphatic rings. The molecule has 2 aromatic rings. The lowest BCUT2D eigenvalue weighted by atomic mass is 10.1. The van der Waals surface area contributed by atoms with Gasteiger partial charge in [0.2, 0.25) is 0 Å². The fraction of sp³-hybridized carbons (Fsp3) is 0.375. The first-order valence-corrected chi connectivity index (χ1v) is 7.22. The maximum atomic E-state index is 4.19. The molecule has 4 nitrogen and oxygen atoms in total. The lowest BCUT2D eigenvalue weighted by Crippen LogP contribution is -2.18. The molecule has 1 aromatic carbocycles. The van der Waals surface area contributed by atoms with Gasteiger partial charge in [0, 0.05) is 25.2 Å². The molecule has 1 saturated heterocycles. The molecule has 2 heterocycles. The standard InChI is InChI=1S/C16H20N4/c1-13(14-7-3-2-4-8-14)18-16-11-15(12-17-19-16)20-9-5-6-10-20/h2-4,7-8,11-13H,5-6,9-10H2,1H3,(H,18,19)/t13-/m1/s1. The van der Waals surface area contributed by atoms with Crippen LogP contribution in [0.1, 0.15) is 31.4 Å². The smallest absolute Gasteiger partial charge is 0.151 e. The molecule has 0 spiro atoms. The second-order valence-corrected chi connectivity index (χ2v) is 5.27. The number of nitrogens with one attached hydrogen (secondary N) is 1. The maximum absolute atomic E-state index is 4.19. The van der Waals surface area contributed by atoms with Crippen molar-refractivity contribution in [3.05, 3.63) is 48.2 Å². The number of benzene rings is 1. The Morgan fingerprint density at radius 3 is 2.65 bits per heavy atom. The summed E-state index contributed by atoms with van der Waals surface area (Å²) in [5.41, 5.74) is 2.42. The van der Waals surface area contributed by atoms with E-state index in [1.165, 1.54) is 24.1 Å². The van der Waals surface area contributed by atoms with Crippen molar-refractivity contribution in [2.45, 2.75) is 25.8 Å². The van der Waals surface area contributed by atoms with Gasteiger partial charge in [0.25, 0.3) is 0 Å². The summed E-state index contributed by atoms with van der Waals surface area (Å²) in [6.45, 7) is 4.39. The van der Waals surface area contributed by atoms with Gasteiger partial charge in [-0.1, -0.05) is 30.3 Å². The zero-order chi connectivity index (χ0) is 13.8. The van der Waals surface area contributed by atoms with E-state index < -0.39 is 0 Å². The fourth-order valence-electron chi connectivity index (χ4n) is 2.62. The molecule has 4 heteroatoms. The molecule has 0 amide bonds. The predicted molar refractivity (Wildman–Crippen MR) is 82.0 cm³/mol. The van der Waals surface area contributed by atoms with Crippen LogP contribution in [-0.4, -0.2) is 23.3 Å². The molecule has 1 aromatic heterocycles. The average Bonchev–Trinajstić information content (AvgIpc) is 3.03. The van der Waals surface area contributed by atoms with Crippen LogP contribution in [0.25, 0.3) is 0 Å². The first-order chi connectivity index (χ1) is 9.83. The molecule has 3 rings (SSSR count). The van der Waals surface area contributed by atoms with Gasteiger partial charge in [-0.05, 0) is 25.3 Å². The van der Waals surface area contributed by atoms with Crippen LogP contribution >= 0.6 is 0 Å². The summed E-state index contributed by atoms with van der Waals surface area (Å²) in [6, 6.07) is 12.7. The van der Waals surface area contributed by atoms with E-state index in [4.69, 9.17) is 0 Å². The van der Waals surface area contributed by atoms with Gasteiger partial charge in [0.1, 0.15) is 0 Å². The zero-order valence-corrected chi connectivity index (χ0v) is 11.8. The van der Waals surface area contributed by atoms with E-state index in [0.717, 1.165) is 18.9 Å². The largest absolute Gasteiger partial charge is 0.370 e. The minimum Gasteiger partial charge on any atom is -0.370 e. The van der Waals surface area contributed by atoms with Gasteiger partial charge in [0.15, 0.2) is 5.82 Å². The molecule has 1 aliphatic heterocycles. The van der Waals surface area contributed by atoms with E-state index in [9.17, 15) is 0 Å². The Bertz CT molecular complexity index is 549. The maximum Gasteiger partial charge on any atom is 0.151 e. The summed E-state index contributed by atoms with van der Waals surface area (Å²) in [4.78, 5) is 2.37. The van der Waals surface area contributed by atoms with Crippen LogP contribution in [0.4, 0.5) is 11.5 Å². The van der Waals surface area contributed by atoms with Crippen molar-refractivity contribution in [2.75, 3.05) is 23.3 Å². The molecular formula is C16H20N4. The van der Waals surface area contributed by atoms with Crippen molar-refractivity contribution in [1.29, 1.82) is 0 Å². The van der Waals surface area contributed by atoms with Crippen LogP contribution in [0.3, 0.4) is 0 Å². The molecule has 0 aliphatic carbocycles. The summed E-state index contributed by atoms with van der Waals surface area (Å²) in [6.07, 6.45) is 4.39. The Balaban J connectivity index is 1.72. The Labute approximate surface area is 119 Å². The molecule has 1 atom stereocenters. The zero-order valence-electron chi connectivity index (χ0n) is 11.8. The molecule has 0 bridgehead atoms. The molecule has 20 heavy (non-hydrogen) atoms. The predicted octanol–water partition coefficient (Wildman–Crippen LogP) is 3.25. The Morgan fingerprint density at radius 1 is 1.15 bits per heavy atom. The Hall–Kier alpha value is -2.10. The quantitative estimate of drug-likeness (QED) is 0.924. The third-order valence-corrected chi connectivity index (χ3v) is 3.78. The molecular weight excluding hydrogens is 248 g/mol. The summed E-state index contributed by atoms with van der Waals surface area (Å²) in [5, 5.41) is 11.7. The highest BCUT2D eigenvalue weighted by atomic mass is 15.2. The number of rotatable bonds is 4. The highest BCUT2D eigenvalue weighted by Gasteiger charge is 2.14. The number of nitrogens with zero attached hydrogens (tertiary/aromatic N) is 3. The third kappa shape index (κ3) is 2.90. The SMILES string of the molecule is C[C@@H](Nc1cc(N2CCCC2)cnn1)c1ccccc1. The molecule has 1 N–H and O–H groups in total. The normalized spacial score (nSPS) is 16.1. The van der Waals surface area contributed by atoms with Crippen LogP contribution in [0, 0.1) is 0 Å². The van der Waals surface area contributed by atoms with Crippen LogP contribution in [0.5, 0.6) is 0 Å². The van der Waals surface area contributed by atoms with Crippen molar-refractivity contribution in [2.24, 2.45) is 0 Å². The highest BCUT2D eigenvalue weighted by Crippen LogP contribution is 2.23. The second kappa shape index (κ2) is 5.90. The van der Waals surface area contributed by atoms with Gasteiger partial charge in [-0.15, -0.1) is 5.10 Å². The number of anilines is 2. The van der Waals surface area contributed by atoms with Crippen LogP contribution in [0.15, 0.2) is 42.6 Å². The minimum absolute atomic E-state index is 0.222. The summed E-state index contributed by atoms with van der Waals surface area (Å²) in [5.74, 6) is 0.839. The van der Waals surface area contributed by atoms with Gasteiger partial charge in [-0.3, -0.25) is 0 Å². The summed E-state index contributed by atoms with van der Waals surface area (Å²) >= 11 is 0. The van der Waals surface area contributed by atoms with Crippen LogP contribution in [0.2, 0.25) is 0 Å². The lowest BCUT2D eigenvalue weighted by Gasteiger charge is -2.19. The van der Waals surface area contributed by atoms with E-state index in [0.29, 0.717) is 0 Å². The fourth-order valence-corrected chi connectivity index (χ4v) is 2.62. The van der Waals surface area contributed by atoms with E-state index >= 15 is 0 Å². The van der Waals surface area contributed by atoms with Gasteiger partial charge in [-0.2, -0.15) is 5.10 Å². The molecule has 1 fully saturated rings. The number of hydrogen-bond donors (Lipinski definition) is 1. The molecule has 0 radical (unpaired) electrons. The molecule has 0 unspecified atom stereocenters. The van der Waals surface area contributed by atoms with Crippen molar-refractivity contribution >= 4 is 11.5 Å². The Morgan fingerprint density at radius 2 is 1.90 bits per heavy atom. The van der Waals surface area contributed by atoms with Crippen molar-refractivity contribution in [1.82, 2.24) is 10.2 Å². The van der Waals surface area contributed by atoms with Gasteiger partial charge in [-0.25, -0.2) is 0 Å². The van der Waals surface area contributed by atoms with Crippen molar-refractivity contribution < 1.29 is 0 Å². The van der Waals surface area contributed by atoms with Gasteiger partial charge < -0.3 is 10.2 Å². The van der Waals surface area contributed by atoms with Gasteiger partial charge >= 0.3 is 0 Å². The average molecular weight is 268 g/mol. The topological polar surface area (TPSA) is 41.0 Å². The Kier molecular flexibility index (Phi) is 3.81. The number of aromatic nitrogens is 2. The van der Waals surface area contributed by atoms with Crippen molar-refractivity contribution in [3.63, 3.8) is 0 Å². The van der Waals surface area contributed by atoms with Crippen molar-refractivity contribution in [3.8, 4) is 0 Å². The summed E-state index contributed by atoms with van der Waals surface area (Å²) in [7, 11) is 0. The van der Waals surface area contributed by atoms with Crippen LogP contribution < -0.4 is 10.2 Å². The molecule has 104 valence electrons.